The molecule has 0 saturated carbocycles. The van der Waals surface area contributed by atoms with Gasteiger partial charge in [-0.25, -0.2) is 8.42 Å². The van der Waals surface area contributed by atoms with Gasteiger partial charge in [0.1, 0.15) is 10.7 Å². The molecular formula is C19H14Cl2N2O4S. The predicted octanol–water partition coefficient (Wildman–Crippen LogP) is 5.04. The molecule has 0 saturated heterocycles. The van der Waals surface area contributed by atoms with E-state index in [2.05, 4.69) is 10.0 Å². The third kappa shape index (κ3) is 5.16. The molecule has 0 spiro atoms. The van der Waals surface area contributed by atoms with Gasteiger partial charge in [-0.2, -0.15) is 0 Å². The number of carbonyl (C=O) groups is 1. The van der Waals surface area contributed by atoms with E-state index in [0.717, 1.165) is 0 Å². The number of amides is 1. The van der Waals surface area contributed by atoms with Gasteiger partial charge in [0.15, 0.2) is 0 Å². The van der Waals surface area contributed by atoms with E-state index in [1.165, 1.54) is 42.7 Å². The van der Waals surface area contributed by atoms with Gasteiger partial charge in [0.25, 0.3) is 10.0 Å². The molecule has 0 fully saturated rings. The van der Waals surface area contributed by atoms with Crippen LogP contribution in [0, 0.1) is 0 Å². The quantitative estimate of drug-likeness (QED) is 0.529. The number of hydrogen-bond donors (Lipinski definition) is 2. The molecule has 3 aromatic rings. The first-order valence-corrected chi connectivity index (χ1v) is 10.2. The fraction of sp³-hybridized carbons (Fsp3) is 0. The smallest absolute Gasteiger partial charge is 0.263 e. The fourth-order valence-corrected chi connectivity index (χ4v) is 4.04. The fourth-order valence-electron chi connectivity index (χ4n) is 2.28. The molecular weight excluding hydrogens is 423 g/mol. The average molecular weight is 437 g/mol. The van der Waals surface area contributed by atoms with Crippen LogP contribution in [0.1, 0.15) is 5.76 Å². The molecule has 1 aromatic heterocycles. The molecule has 0 atom stereocenters. The molecule has 9 heteroatoms. The summed E-state index contributed by atoms with van der Waals surface area (Å²) >= 11 is 11.9. The molecule has 3 rings (SSSR count). The summed E-state index contributed by atoms with van der Waals surface area (Å²) in [6.45, 7) is 0. The number of hydrogen-bond acceptors (Lipinski definition) is 4. The number of carbonyl (C=O) groups excluding carboxylic acids is 1. The van der Waals surface area contributed by atoms with Gasteiger partial charge in [0.05, 0.1) is 17.0 Å². The molecule has 144 valence electrons. The molecule has 6 nitrogen and oxygen atoms in total. The van der Waals surface area contributed by atoms with Crippen LogP contribution in [0.4, 0.5) is 11.4 Å². The maximum atomic E-state index is 12.7. The Hall–Kier alpha value is -2.74. The van der Waals surface area contributed by atoms with Crippen molar-refractivity contribution >= 4 is 56.6 Å². The van der Waals surface area contributed by atoms with Gasteiger partial charge < -0.3 is 9.73 Å². The first-order chi connectivity index (χ1) is 13.3. The van der Waals surface area contributed by atoms with Crippen molar-refractivity contribution in [1.29, 1.82) is 0 Å². The van der Waals surface area contributed by atoms with Crippen LogP contribution in [0.5, 0.6) is 0 Å². The van der Waals surface area contributed by atoms with Crippen molar-refractivity contribution < 1.29 is 17.6 Å². The lowest BCUT2D eigenvalue weighted by molar-refractivity contribution is -0.111. The standard InChI is InChI=1S/C19H14Cl2N2O4S/c20-13-3-1-4-15(11-13)23-28(25,26)18-12-14(6-8-17(18)21)22-19(24)9-7-16-5-2-10-27-16/h1-12,23H,(H,22,24). The van der Waals surface area contributed by atoms with Crippen molar-refractivity contribution in [3.63, 3.8) is 0 Å². The third-order valence-corrected chi connectivity index (χ3v) is 5.61. The highest BCUT2D eigenvalue weighted by Crippen LogP contribution is 2.27. The van der Waals surface area contributed by atoms with Crippen molar-refractivity contribution in [2.24, 2.45) is 0 Å². The summed E-state index contributed by atoms with van der Waals surface area (Å²) in [5.41, 5.74) is 0.560. The Balaban J connectivity index is 1.79. The van der Waals surface area contributed by atoms with Crippen LogP contribution >= 0.6 is 23.2 Å². The zero-order valence-electron chi connectivity index (χ0n) is 14.2. The number of sulfonamides is 1. The molecule has 2 aromatic carbocycles. The Morgan fingerprint density at radius 1 is 1.00 bits per heavy atom. The number of furan rings is 1. The average Bonchev–Trinajstić information content (AvgIpc) is 3.15. The van der Waals surface area contributed by atoms with Gasteiger partial charge in [-0.3, -0.25) is 9.52 Å². The summed E-state index contributed by atoms with van der Waals surface area (Å²) in [5.74, 6) is 0.0603. The van der Waals surface area contributed by atoms with Gasteiger partial charge in [-0.1, -0.05) is 29.3 Å². The van der Waals surface area contributed by atoms with Crippen molar-refractivity contribution in [3.8, 4) is 0 Å². The highest BCUT2D eigenvalue weighted by atomic mass is 35.5. The second-order valence-electron chi connectivity index (χ2n) is 5.60. The molecule has 1 heterocycles. The van der Waals surface area contributed by atoms with Crippen LogP contribution in [0.2, 0.25) is 10.0 Å². The van der Waals surface area contributed by atoms with Crippen LogP contribution in [0.25, 0.3) is 6.08 Å². The number of anilines is 2. The Labute approximate surface area is 171 Å². The van der Waals surface area contributed by atoms with Gasteiger partial charge >= 0.3 is 0 Å². The lowest BCUT2D eigenvalue weighted by Gasteiger charge is -2.11. The molecule has 0 bridgehead atoms. The second kappa shape index (κ2) is 8.52. The van der Waals surface area contributed by atoms with Gasteiger partial charge in [-0.15, -0.1) is 0 Å². The van der Waals surface area contributed by atoms with Crippen molar-refractivity contribution in [3.05, 3.63) is 82.7 Å². The van der Waals surface area contributed by atoms with E-state index in [1.807, 2.05) is 0 Å². The first kappa shape index (κ1) is 20.0. The van der Waals surface area contributed by atoms with Crippen LogP contribution in [-0.4, -0.2) is 14.3 Å². The normalized spacial score (nSPS) is 11.5. The van der Waals surface area contributed by atoms with Crippen molar-refractivity contribution in [1.82, 2.24) is 0 Å². The number of rotatable bonds is 6. The molecule has 0 aliphatic rings. The van der Waals surface area contributed by atoms with Crippen LogP contribution < -0.4 is 10.0 Å². The van der Waals surface area contributed by atoms with Gasteiger partial charge in [-0.05, 0) is 54.6 Å². The SMILES string of the molecule is O=C(C=Cc1ccco1)Nc1ccc(Cl)c(S(=O)(=O)Nc2cccc(Cl)c2)c1. The van der Waals surface area contributed by atoms with E-state index >= 15 is 0 Å². The number of halogens is 2. The monoisotopic (exact) mass is 436 g/mol. The molecule has 0 aliphatic carbocycles. The summed E-state index contributed by atoms with van der Waals surface area (Å²) in [4.78, 5) is 11.9. The summed E-state index contributed by atoms with van der Waals surface area (Å²) in [6, 6.07) is 13.8. The van der Waals surface area contributed by atoms with E-state index in [4.69, 9.17) is 27.6 Å². The Bertz CT molecular complexity index is 1130. The lowest BCUT2D eigenvalue weighted by Crippen LogP contribution is -2.14. The minimum atomic E-state index is -3.99. The van der Waals surface area contributed by atoms with E-state index in [-0.39, 0.29) is 15.6 Å². The molecule has 0 aliphatic heterocycles. The minimum Gasteiger partial charge on any atom is -0.465 e. The topological polar surface area (TPSA) is 88.4 Å². The second-order valence-corrected chi connectivity index (χ2v) is 8.09. The maximum absolute atomic E-state index is 12.7. The summed E-state index contributed by atoms with van der Waals surface area (Å²) in [5, 5.41) is 2.98. The maximum Gasteiger partial charge on any atom is 0.263 e. The Kier molecular flexibility index (Phi) is 6.08. The highest BCUT2D eigenvalue weighted by Gasteiger charge is 2.19. The van der Waals surface area contributed by atoms with Gasteiger partial charge in [0, 0.05) is 16.8 Å². The van der Waals surface area contributed by atoms with Crippen molar-refractivity contribution in [2.45, 2.75) is 4.90 Å². The minimum absolute atomic E-state index is 0.0126. The largest absolute Gasteiger partial charge is 0.465 e. The summed E-state index contributed by atoms with van der Waals surface area (Å²) in [7, 11) is -3.99. The Morgan fingerprint density at radius 2 is 1.82 bits per heavy atom. The summed E-state index contributed by atoms with van der Waals surface area (Å²) < 4.78 is 32.9. The van der Waals surface area contributed by atoms with E-state index in [1.54, 1.807) is 30.3 Å². The number of nitrogens with one attached hydrogen (secondary N) is 2. The molecule has 1 amide bonds. The summed E-state index contributed by atoms with van der Waals surface area (Å²) in [6.07, 6.45) is 4.25. The highest BCUT2D eigenvalue weighted by molar-refractivity contribution is 7.92. The molecule has 0 radical (unpaired) electrons. The van der Waals surface area contributed by atoms with E-state index in [0.29, 0.717) is 16.5 Å². The van der Waals surface area contributed by atoms with E-state index in [9.17, 15) is 13.2 Å². The number of benzene rings is 2. The predicted molar refractivity (Wildman–Crippen MR) is 110 cm³/mol. The lowest BCUT2D eigenvalue weighted by atomic mass is 10.3. The van der Waals surface area contributed by atoms with Crippen LogP contribution in [-0.2, 0) is 14.8 Å². The third-order valence-electron chi connectivity index (χ3n) is 3.51. The molecule has 2 N–H and O–H groups in total. The van der Waals surface area contributed by atoms with Gasteiger partial charge in [0.2, 0.25) is 5.91 Å². The Morgan fingerprint density at radius 3 is 2.54 bits per heavy atom. The first-order valence-electron chi connectivity index (χ1n) is 7.94. The van der Waals surface area contributed by atoms with E-state index < -0.39 is 15.9 Å². The zero-order chi connectivity index (χ0) is 20.1. The van der Waals surface area contributed by atoms with Crippen molar-refractivity contribution in [2.75, 3.05) is 10.0 Å². The molecule has 0 unspecified atom stereocenters. The van der Waals surface area contributed by atoms with Crippen LogP contribution in [0.3, 0.4) is 0 Å². The molecule has 28 heavy (non-hydrogen) atoms. The van der Waals surface area contributed by atoms with Crippen LogP contribution in [0.15, 0.2) is 76.2 Å². The zero-order valence-corrected chi connectivity index (χ0v) is 16.6.